The van der Waals surface area contributed by atoms with Gasteiger partial charge in [-0.15, -0.1) is 0 Å². The fraction of sp³-hybridized carbons (Fsp3) is 0.538. The lowest BCUT2D eigenvalue weighted by molar-refractivity contribution is -0.277. The first kappa shape index (κ1) is 27.4. The number of methoxy groups -OCH3 is 2. The molecule has 1 fully saturated rings. The molecule has 0 saturated carbocycles. The van der Waals surface area contributed by atoms with Crippen LogP contribution in [0.1, 0.15) is 35.1 Å². The molecule has 6 N–H and O–H groups in total. The Balaban J connectivity index is 1.64. The number of ether oxygens (including phenoxy) is 5. The molecule has 0 amide bonds. The van der Waals surface area contributed by atoms with Crippen molar-refractivity contribution in [1.82, 2.24) is 0 Å². The number of aryl methyl sites for hydroxylation is 1. The van der Waals surface area contributed by atoms with Gasteiger partial charge in [-0.1, -0.05) is 12.1 Å². The fourth-order valence-electron chi connectivity index (χ4n) is 4.78. The minimum Gasteiger partial charge on any atom is -0.493 e. The van der Waals surface area contributed by atoms with Gasteiger partial charge in [0.1, 0.15) is 30.5 Å². The predicted molar refractivity (Wildman–Crippen MR) is 129 cm³/mol. The normalized spacial score (nSPS) is 28.9. The molecule has 11 heteroatoms. The average molecular weight is 523 g/mol. The van der Waals surface area contributed by atoms with Crippen molar-refractivity contribution in [3.63, 3.8) is 0 Å². The molecule has 2 aromatic carbocycles. The molecule has 2 aliphatic rings. The standard InChI is InChI=1S/C26H34O11/c1-33-17-6-5-14(10-18(17)35-26-23(32)22(31)21(30)20(12-29)36-26)24-16(11-28)15-8-13(4-3-7-27)9-19(34-2)25(15)37-24/h5-6,8-10,16,20-24,26-32H,3-4,7,11-12H2,1-2H3/t16-,20+,21-,22-,23-,24-,26-/m1/s1. The summed E-state index contributed by atoms with van der Waals surface area (Å²) in [6.45, 7) is -0.735. The quantitative estimate of drug-likeness (QED) is 0.249. The first-order valence-electron chi connectivity index (χ1n) is 12.1. The van der Waals surface area contributed by atoms with Gasteiger partial charge in [-0.25, -0.2) is 0 Å². The second-order valence-electron chi connectivity index (χ2n) is 9.10. The molecule has 0 bridgehead atoms. The van der Waals surface area contributed by atoms with E-state index in [0.717, 1.165) is 11.1 Å². The second kappa shape index (κ2) is 11.8. The minimum atomic E-state index is -1.59. The van der Waals surface area contributed by atoms with Crippen LogP contribution in [0.5, 0.6) is 23.0 Å². The Morgan fingerprint density at radius 2 is 1.59 bits per heavy atom. The van der Waals surface area contributed by atoms with Crippen LogP contribution in [0.2, 0.25) is 0 Å². The Kier molecular flexibility index (Phi) is 8.75. The van der Waals surface area contributed by atoms with E-state index in [-0.39, 0.29) is 19.0 Å². The van der Waals surface area contributed by atoms with E-state index in [0.29, 0.717) is 35.7 Å². The van der Waals surface area contributed by atoms with E-state index < -0.39 is 49.3 Å². The first-order chi connectivity index (χ1) is 17.9. The number of hydrogen-bond donors (Lipinski definition) is 6. The highest BCUT2D eigenvalue weighted by Crippen LogP contribution is 2.51. The molecule has 2 heterocycles. The molecule has 2 aromatic rings. The van der Waals surface area contributed by atoms with Gasteiger partial charge in [-0.05, 0) is 42.2 Å². The van der Waals surface area contributed by atoms with Crippen LogP contribution in [0.3, 0.4) is 0 Å². The van der Waals surface area contributed by atoms with Gasteiger partial charge >= 0.3 is 0 Å². The number of fused-ring (bicyclic) bond motifs is 1. The van der Waals surface area contributed by atoms with Crippen LogP contribution in [0.4, 0.5) is 0 Å². The molecule has 4 rings (SSSR count). The molecule has 0 spiro atoms. The van der Waals surface area contributed by atoms with Crippen molar-refractivity contribution < 1.29 is 54.3 Å². The maximum absolute atomic E-state index is 10.4. The molecule has 0 radical (unpaired) electrons. The van der Waals surface area contributed by atoms with Crippen LogP contribution in [0.25, 0.3) is 0 Å². The van der Waals surface area contributed by atoms with Crippen LogP contribution in [-0.2, 0) is 11.2 Å². The van der Waals surface area contributed by atoms with Gasteiger partial charge in [0.25, 0.3) is 0 Å². The number of benzene rings is 2. The minimum absolute atomic E-state index is 0.0605. The van der Waals surface area contributed by atoms with Crippen molar-refractivity contribution in [3.05, 3.63) is 47.0 Å². The van der Waals surface area contributed by atoms with E-state index in [2.05, 4.69) is 0 Å². The van der Waals surface area contributed by atoms with E-state index >= 15 is 0 Å². The van der Waals surface area contributed by atoms with Crippen LogP contribution in [0, 0.1) is 0 Å². The summed E-state index contributed by atoms with van der Waals surface area (Å²) in [6, 6.07) is 8.83. The van der Waals surface area contributed by atoms with E-state index in [9.17, 15) is 30.6 Å². The Morgan fingerprint density at radius 1 is 0.838 bits per heavy atom. The number of rotatable bonds is 10. The molecule has 11 nitrogen and oxygen atoms in total. The number of hydrogen-bond acceptors (Lipinski definition) is 11. The van der Waals surface area contributed by atoms with Crippen LogP contribution in [0.15, 0.2) is 30.3 Å². The van der Waals surface area contributed by atoms with Crippen molar-refractivity contribution >= 4 is 0 Å². The molecule has 1 saturated heterocycles. The monoisotopic (exact) mass is 522 g/mol. The van der Waals surface area contributed by atoms with Crippen LogP contribution < -0.4 is 18.9 Å². The van der Waals surface area contributed by atoms with Gasteiger partial charge in [0, 0.05) is 12.2 Å². The third-order valence-electron chi connectivity index (χ3n) is 6.80. The number of aliphatic hydroxyl groups excluding tert-OH is 6. The number of aliphatic hydroxyl groups is 6. The first-order valence-corrected chi connectivity index (χ1v) is 12.1. The highest BCUT2D eigenvalue weighted by Gasteiger charge is 2.45. The van der Waals surface area contributed by atoms with Gasteiger partial charge in [0.2, 0.25) is 6.29 Å². The zero-order valence-corrected chi connectivity index (χ0v) is 20.7. The molecule has 37 heavy (non-hydrogen) atoms. The smallest absolute Gasteiger partial charge is 0.229 e. The predicted octanol–water partition coefficient (Wildman–Crippen LogP) is 0.0170. The maximum Gasteiger partial charge on any atom is 0.229 e. The topological polar surface area (TPSA) is 168 Å². The molecule has 7 atom stereocenters. The highest BCUT2D eigenvalue weighted by molar-refractivity contribution is 5.56. The lowest BCUT2D eigenvalue weighted by atomic mass is 9.90. The second-order valence-corrected chi connectivity index (χ2v) is 9.10. The summed E-state index contributed by atoms with van der Waals surface area (Å²) in [5.74, 6) is 1.09. The summed E-state index contributed by atoms with van der Waals surface area (Å²) < 4.78 is 28.5. The third kappa shape index (κ3) is 5.34. The van der Waals surface area contributed by atoms with E-state index in [1.165, 1.54) is 14.2 Å². The molecule has 204 valence electrons. The zero-order valence-electron chi connectivity index (χ0n) is 20.7. The molecule has 0 unspecified atom stereocenters. The van der Waals surface area contributed by atoms with E-state index in [1.54, 1.807) is 18.2 Å². The SMILES string of the molecule is COc1ccc([C@H]2Oc3c(OC)cc(CCCO)cc3[C@H]2CO)cc1O[C@@H]1O[C@@H](CO)[C@@H](O)[C@@H](O)[C@H]1O. The summed E-state index contributed by atoms with van der Waals surface area (Å²) >= 11 is 0. The van der Waals surface area contributed by atoms with Gasteiger partial charge in [0.15, 0.2) is 23.0 Å². The van der Waals surface area contributed by atoms with Crippen LogP contribution in [-0.4, -0.2) is 95.4 Å². The molecule has 2 aliphatic heterocycles. The van der Waals surface area contributed by atoms with Crippen LogP contribution >= 0.6 is 0 Å². The third-order valence-corrected chi connectivity index (χ3v) is 6.80. The fourth-order valence-corrected chi connectivity index (χ4v) is 4.78. The Morgan fingerprint density at radius 3 is 2.24 bits per heavy atom. The average Bonchev–Trinajstić information content (AvgIpc) is 3.30. The largest absolute Gasteiger partial charge is 0.493 e. The van der Waals surface area contributed by atoms with E-state index in [4.69, 9.17) is 23.7 Å². The summed E-state index contributed by atoms with van der Waals surface area (Å²) in [7, 11) is 2.97. The lowest BCUT2D eigenvalue weighted by Gasteiger charge is -2.39. The summed E-state index contributed by atoms with van der Waals surface area (Å²) in [5.41, 5.74) is 2.37. The van der Waals surface area contributed by atoms with E-state index in [1.807, 2.05) is 12.1 Å². The molecule has 0 aliphatic carbocycles. The Hall–Kier alpha value is -2.64. The van der Waals surface area contributed by atoms with Crippen molar-refractivity contribution in [2.75, 3.05) is 34.0 Å². The molecule has 0 aromatic heterocycles. The van der Waals surface area contributed by atoms with Crippen molar-refractivity contribution in [1.29, 1.82) is 0 Å². The summed E-state index contributed by atoms with van der Waals surface area (Å²) in [5, 5.41) is 59.6. The highest BCUT2D eigenvalue weighted by atomic mass is 16.7. The van der Waals surface area contributed by atoms with Gasteiger partial charge in [0.05, 0.1) is 33.4 Å². The van der Waals surface area contributed by atoms with Crippen molar-refractivity contribution in [2.24, 2.45) is 0 Å². The zero-order chi connectivity index (χ0) is 26.7. The summed E-state index contributed by atoms with van der Waals surface area (Å²) in [6.07, 6.45) is -6.60. The molecular formula is C26H34O11. The molecular weight excluding hydrogens is 488 g/mol. The lowest BCUT2D eigenvalue weighted by Crippen LogP contribution is -2.60. The van der Waals surface area contributed by atoms with Gasteiger partial charge < -0.3 is 54.3 Å². The Labute approximate surface area is 214 Å². The van der Waals surface area contributed by atoms with Gasteiger partial charge in [-0.2, -0.15) is 0 Å². The Bertz CT molecular complexity index is 1060. The maximum atomic E-state index is 10.4. The van der Waals surface area contributed by atoms with Crippen molar-refractivity contribution in [3.8, 4) is 23.0 Å². The van der Waals surface area contributed by atoms with Gasteiger partial charge in [-0.3, -0.25) is 0 Å². The summed E-state index contributed by atoms with van der Waals surface area (Å²) in [4.78, 5) is 0. The van der Waals surface area contributed by atoms with Crippen molar-refractivity contribution in [2.45, 2.75) is 55.6 Å².